The molecular weight excluding hydrogens is 364 g/mol. The average molecular weight is 383 g/mol. The summed E-state index contributed by atoms with van der Waals surface area (Å²) in [5.74, 6) is -7.62. The fourth-order valence-corrected chi connectivity index (χ4v) is 1.23. The summed E-state index contributed by atoms with van der Waals surface area (Å²) in [5.41, 5.74) is 10.8. The van der Waals surface area contributed by atoms with Gasteiger partial charge in [-0.15, -0.1) is 0 Å². The minimum Gasteiger partial charge on any atom is -0.480 e. The first kappa shape index (κ1) is 25.5. The number of carbonyl (C=O) groups excluding carboxylic acids is 2. The largest absolute Gasteiger partial charge is 0.480 e. The molecule has 0 bridgehead atoms. The number of carboxylic acid groups (broad SMARTS) is 1. The molecule has 0 rings (SSSR count). The Labute approximate surface area is 138 Å². The Bertz CT molecular complexity index is 441. The Morgan fingerprint density at radius 3 is 1.56 bits per heavy atom. The summed E-state index contributed by atoms with van der Waals surface area (Å²) in [7, 11) is 0. The first-order valence-corrected chi connectivity index (χ1v) is 6.70. The van der Waals surface area contributed by atoms with Crippen LogP contribution < -0.4 is 16.8 Å². The van der Waals surface area contributed by atoms with Crippen molar-refractivity contribution in [3.8, 4) is 0 Å². The first-order valence-electron chi connectivity index (χ1n) is 6.70. The zero-order valence-electron chi connectivity index (χ0n) is 13.2. The molecule has 0 unspecified atom stereocenters. The number of hydrogen-bond donors (Lipinski definition) is 4. The molecule has 0 aromatic heterocycles. The highest BCUT2D eigenvalue weighted by Gasteiger charge is 2.54. The first-order chi connectivity index (χ1) is 11.1. The molecular formula is C12H19F6N3O4. The molecule has 0 aliphatic carbocycles. The second-order valence-corrected chi connectivity index (χ2v) is 5.12. The Hall–Kier alpha value is -1.73. The number of carbonyl (C=O) groups is 3. The normalized spacial score (nSPS) is 14.4. The molecule has 0 fully saturated rings. The van der Waals surface area contributed by atoms with Crippen molar-refractivity contribution in [3.05, 3.63) is 0 Å². The Morgan fingerprint density at radius 1 is 1.00 bits per heavy atom. The van der Waals surface area contributed by atoms with Gasteiger partial charge in [-0.1, -0.05) is 13.8 Å². The van der Waals surface area contributed by atoms with E-state index in [1.807, 2.05) is 13.8 Å². The van der Waals surface area contributed by atoms with Crippen LogP contribution in [0.1, 0.15) is 13.8 Å². The van der Waals surface area contributed by atoms with E-state index in [4.69, 9.17) is 16.6 Å². The lowest BCUT2D eigenvalue weighted by atomic mass is 10.0. The van der Waals surface area contributed by atoms with Crippen LogP contribution in [0, 0.1) is 5.92 Å². The molecule has 0 saturated carbocycles. The summed E-state index contributed by atoms with van der Waals surface area (Å²) in [6.45, 7) is 4.49. The maximum absolute atomic E-state index is 11.2. The van der Waals surface area contributed by atoms with Gasteiger partial charge in [0, 0.05) is 19.1 Å². The maximum Gasteiger partial charge on any atom is 0.458 e. The molecule has 2 atom stereocenters. The lowest BCUT2D eigenvalue weighted by molar-refractivity contribution is -0.193. The van der Waals surface area contributed by atoms with Gasteiger partial charge in [0.2, 0.25) is 0 Å². The third-order valence-electron chi connectivity index (χ3n) is 2.56. The number of nitrogens with two attached hydrogens (primary N) is 2. The summed E-state index contributed by atoms with van der Waals surface area (Å²) in [4.78, 5) is 29.9. The second kappa shape index (κ2) is 10.3. The average Bonchev–Trinajstić information content (AvgIpc) is 2.43. The van der Waals surface area contributed by atoms with Crippen molar-refractivity contribution >= 4 is 17.5 Å². The van der Waals surface area contributed by atoms with Crippen LogP contribution in [-0.4, -0.2) is 60.2 Å². The smallest absolute Gasteiger partial charge is 0.458 e. The quantitative estimate of drug-likeness (QED) is 0.365. The number of nitrogens with one attached hydrogen (secondary N) is 1. The second-order valence-electron chi connectivity index (χ2n) is 5.12. The number of ketones is 2. The Balaban J connectivity index is 0. The fourth-order valence-electron chi connectivity index (χ4n) is 1.23. The lowest BCUT2D eigenvalue weighted by Gasteiger charge is -2.19. The number of Topliss-reactive ketones (excluding diaryl/α,β-unsaturated/α-hetero) is 2. The van der Waals surface area contributed by atoms with Crippen molar-refractivity contribution in [1.29, 1.82) is 0 Å². The lowest BCUT2D eigenvalue weighted by Crippen LogP contribution is -2.48. The molecule has 25 heavy (non-hydrogen) atoms. The van der Waals surface area contributed by atoms with E-state index in [0.29, 0.717) is 13.1 Å². The van der Waals surface area contributed by atoms with Gasteiger partial charge in [0.1, 0.15) is 6.04 Å². The van der Waals surface area contributed by atoms with Crippen LogP contribution >= 0.6 is 0 Å². The molecule has 7 nitrogen and oxygen atoms in total. The molecule has 0 heterocycles. The van der Waals surface area contributed by atoms with Gasteiger partial charge in [-0.2, -0.15) is 26.3 Å². The van der Waals surface area contributed by atoms with E-state index < -0.39 is 35.9 Å². The highest BCUT2D eigenvalue weighted by Crippen LogP contribution is 2.23. The molecule has 0 aliphatic heterocycles. The molecule has 0 aliphatic rings. The number of alkyl halides is 6. The van der Waals surface area contributed by atoms with Crippen LogP contribution in [0.3, 0.4) is 0 Å². The third-order valence-corrected chi connectivity index (χ3v) is 2.56. The number of aliphatic carboxylic acids is 1. The van der Waals surface area contributed by atoms with Gasteiger partial charge in [0.25, 0.3) is 0 Å². The molecule has 0 spiro atoms. The van der Waals surface area contributed by atoms with Crippen LogP contribution in [-0.2, 0) is 14.4 Å². The summed E-state index contributed by atoms with van der Waals surface area (Å²) in [6.07, 6.45) is -11.5. The summed E-state index contributed by atoms with van der Waals surface area (Å²) in [6, 6.07) is -0.724. The van der Waals surface area contributed by atoms with E-state index in [0.717, 1.165) is 0 Å². The van der Waals surface area contributed by atoms with E-state index in [2.05, 4.69) is 5.32 Å². The minimum absolute atomic E-state index is 0.0440. The van der Waals surface area contributed by atoms with Gasteiger partial charge in [-0.05, 0) is 5.92 Å². The molecule has 0 aromatic rings. The zero-order valence-corrected chi connectivity index (χ0v) is 13.2. The van der Waals surface area contributed by atoms with Gasteiger partial charge in [0.05, 0.1) is 0 Å². The summed E-state index contributed by atoms with van der Waals surface area (Å²) in [5, 5.41) is 11.7. The van der Waals surface area contributed by atoms with Crippen LogP contribution in [0.5, 0.6) is 0 Å². The van der Waals surface area contributed by atoms with Crippen molar-refractivity contribution < 1.29 is 45.8 Å². The van der Waals surface area contributed by atoms with Crippen LogP contribution in [0.15, 0.2) is 0 Å². The molecule has 0 radical (unpaired) electrons. The zero-order chi connectivity index (χ0) is 20.6. The summed E-state index contributed by atoms with van der Waals surface area (Å²) >= 11 is 0. The van der Waals surface area contributed by atoms with Crippen molar-refractivity contribution in [2.75, 3.05) is 13.1 Å². The number of halogens is 6. The Kier molecular flexibility index (Phi) is 10.5. The fraction of sp³-hybridized carbons (Fsp3) is 0.750. The van der Waals surface area contributed by atoms with Crippen molar-refractivity contribution in [1.82, 2.24) is 5.32 Å². The predicted octanol–water partition coefficient (Wildman–Crippen LogP) is 0.220. The summed E-state index contributed by atoms with van der Waals surface area (Å²) < 4.78 is 67.0. The van der Waals surface area contributed by atoms with E-state index >= 15 is 0 Å². The van der Waals surface area contributed by atoms with Gasteiger partial charge in [-0.3, -0.25) is 14.4 Å². The maximum atomic E-state index is 11.2. The standard InChI is InChI=1S/C8H19N3O2.C4F6O2/c1-5(2)7(8(12)13)11-4-6(10)3-9;5-3(6,7)1(11)2(12)4(8,9)10/h5-7,11H,3-4,9-10H2,1-2H3,(H,12,13);/t6-,7-;/m0./s1. The van der Waals surface area contributed by atoms with Crippen molar-refractivity contribution in [2.24, 2.45) is 17.4 Å². The highest BCUT2D eigenvalue weighted by atomic mass is 19.4. The molecule has 0 aromatic carbocycles. The topological polar surface area (TPSA) is 136 Å². The molecule has 6 N–H and O–H groups in total. The third kappa shape index (κ3) is 10.7. The van der Waals surface area contributed by atoms with Crippen molar-refractivity contribution in [2.45, 2.75) is 38.3 Å². The number of hydrogen-bond acceptors (Lipinski definition) is 6. The number of rotatable bonds is 7. The Morgan fingerprint density at radius 2 is 1.36 bits per heavy atom. The molecule has 13 heteroatoms. The van der Waals surface area contributed by atoms with E-state index in [-0.39, 0.29) is 12.0 Å². The van der Waals surface area contributed by atoms with Crippen LogP contribution in [0.25, 0.3) is 0 Å². The van der Waals surface area contributed by atoms with Gasteiger partial charge >= 0.3 is 29.9 Å². The van der Waals surface area contributed by atoms with Crippen LogP contribution in [0.2, 0.25) is 0 Å². The van der Waals surface area contributed by atoms with E-state index in [9.17, 15) is 40.7 Å². The minimum atomic E-state index is -5.77. The van der Waals surface area contributed by atoms with Gasteiger partial charge in [-0.25, -0.2) is 0 Å². The van der Waals surface area contributed by atoms with Crippen LogP contribution in [0.4, 0.5) is 26.3 Å². The predicted molar refractivity (Wildman–Crippen MR) is 73.4 cm³/mol. The highest BCUT2D eigenvalue weighted by molar-refractivity contribution is 6.41. The molecule has 148 valence electrons. The SMILES string of the molecule is CC(C)[C@H](NC[C@@H](N)CN)C(=O)O.O=C(C(=O)C(F)(F)F)C(F)(F)F. The van der Waals surface area contributed by atoms with Gasteiger partial charge in [0.15, 0.2) is 0 Å². The molecule has 0 saturated heterocycles. The van der Waals surface area contributed by atoms with Crippen molar-refractivity contribution in [3.63, 3.8) is 0 Å². The van der Waals surface area contributed by atoms with E-state index in [1.54, 1.807) is 0 Å². The number of carboxylic acids is 1. The monoisotopic (exact) mass is 383 g/mol. The van der Waals surface area contributed by atoms with Gasteiger partial charge < -0.3 is 21.9 Å². The molecule has 0 amide bonds. The van der Waals surface area contributed by atoms with E-state index in [1.165, 1.54) is 0 Å².